The second kappa shape index (κ2) is 5.90. The summed E-state index contributed by atoms with van der Waals surface area (Å²) in [4.78, 5) is 0. The molecule has 0 fully saturated rings. The summed E-state index contributed by atoms with van der Waals surface area (Å²) in [5, 5.41) is 4.08. The van der Waals surface area contributed by atoms with Crippen LogP contribution >= 0.6 is 23.2 Å². The number of hydrogen-bond donors (Lipinski definition) is 2. The van der Waals surface area contributed by atoms with Gasteiger partial charge in [-0.1, -0.05) is 35.3 Å². The first kappa shape index (κ1) is 14.9. The van der Waals surface area contributed by atoms with E-state index in [1.807, 2.05) is 0 Å². The molecule has 106 valence electrons. The van der Waals surface area contributed by atoms with E-state index in [9.17, 15) is 4.39 Å². The Bertz CT molecular complexity index is 610. The van der Waals surface area contributed by atoms with E-state index in [2.05, 4.69) is 5.32 Å². The molecule has 2 rings (SSSR count). The number of aryl methyl sites for hydroxylation is 2. The summed E-state index contributed by atoms with van der Waals surface area (Å²) < 4.78 is 13.6. The fraction of sp³-hybridized carbons (Fsp3) is 0.200. The van der Waals surface area contributed by atoms with Crippen LogP contribution in [0.5, 0.6) is 0 Å². The zero-order chi connectivity index (χ0) is 14.9. The minimum absolute atomic E-state index is 0.169. The molecule has 2 aromatic carbocycles. The Kier molecular flexibility index (Phi) is 4.41. The molecule has 0 saturated carbocycles. The number of hydrogen-bond acceptors (Lipinski definition) is 2. The largest absolute Gasteiger partial charge is 0.399 e. The van der Waals surface area contributed by atoms with Gasteiger partial charge in [0.05, 0.1) is 15.7 Å². The summed E-state index contributed by atoms with van der Waals surface area (Å²) in [6.07, 6.45) is 0. The van der Waals surface area contributed by atoms with Crippen LogP contribution in [0.4, 0.5) is 15.8 Å². The van der Waals surface area contributed by atoms with E-state index >= 15 is 0 Å². The second-order valence-electron chi connectivity index (χ2n) is 4.76. The molecule has 0 heterocycles. The first-order chi connectivity index (χ1) is 9.38. The van der Waals surface area contributed by atoms with Gasteiger partial charge < -0.3 is 11.1 Å². The SMILES string of the molecule is Cc1cc(CNc2c(Cl)cc(N)cc2Cl)cc(C)c1F. The lowest BCUT2D eigenvalue weighted by molar-refractivity contribution is 0.608. The highest BCUT2D eigenvalue weighted by Crippen LogP contribution is 2.33. The molecule has 0 aliphatic carbocycles. The monoisotopic (exact) mass is 312 g/mol. The van der Waals surface area contributed by atoms with Gasteiger partial charge in [-0.2, -0.15) is 0 Å². The second-order valence-corrected chi connectivity index (χ2v) is 5.57. The number of nitrogens with two attached hydrogens (primary N) is 1. The van der Waals surface area contributed by atoms with Crippen molar-refractivity contribution in [3.05, 3.63) is 56.8 Å². The van der Waals surface area contributed by atoms with Crippen molar-refractivity contribution in [2.24, 2.45) is 0 Å². The predicted octanol–water partition coefficient (Wildman–Crippen LogP) is 4.94. The van der Waals surface area contributed by atoms with Gasteiger partial charge in [-0.3, -0.25) is 0 Å². The number of nitrogens with one attached hydrogen (secondary N) is 1. The fourth-order valence-electron chi connectivity index (χ4n) is 2.09. The van der Waals surface area contributed by atoms with Crippen LogP contribution in [-0.2, 0) is 6.54 Å². The van der Waals surface area contributed by atoms with Crippen molar-refractivity contribution in [3.8, 4) is 0 Å². The Labute approximate surface area is 127 Å². The molecule has 0 amide bonds. The molecule has 0 aliphatic rings. The van der Waals surface area contributed by atoms with Gasteiger partial charge in [-0.15, -0.1) is 0 Å². The normalized spacial score (nSPS) is 10.7. The third kappa shape index (κ3) is 3.17. The van der Waals surface area contributed by atoms with Crippen molar-refractivity contribution < 1.29 is 4.39 Å². The third-order valence-electron chi connectivity index (χ3n) is 3.03. The Morgan fingerprint density at radius 2 is 1.55 bits per heavy atom. The fourth-order valence-corrected chi connectivity index (χ4v) is 2.73. The van der Waals surface area contributed by atoms with Crippen molar-refractivity contribution in [2.45, 2.75) is 20.4 Å². The average Bonchev–Trinajstić information content (AvgIpc) is 2.34. The summed E-state index contributed by atoms with van der Waals surface area (Å²) >= 11 is 12.2. The summed E-state index contributed by atoms with van der Waals surface area (Å²) in [7, 11) is 0. The Balaban J connectivity index is 2.21. The van der Waals surface area contributed by atoms with Gasteiger partial charge in [0.25, 0.3) is 0 Å². The van der Waals surface area contributed by atoms with Gasteiger partial charge in [0, 0.05) is 12.2 Å². The number of benzene rings is 2. The number of nitrogen functional groups attached to an aromatic ring is 1. The molecule has 0 spiro atoms. The Morgan fingerprint density at radius 3 is 2.05 bits per heavy atom. The van der Waals surface area contributed by atoms with Crippen molar-refractivity contribution >= 4 is 34.6 Å². The molecule has 0 atom stereocenters. The summed E-state index contributed by atoms with van der Waals surface area (Å²) in [6.45, 7) is 4.00. The maximum atomic E-state index is 13.6. The van der Waals surface area contributed by atoms with Crippen LogP contribution in [0, 0.1) is 19.7 Å². The molecule has 5 heteroatoms. The van der Waals surface area contributed by atoms with Crippen molar-refractivity contribution in [1.82, 2.24) is 0 Å². The van der Waals surface area contributed by atoms with Gasteiger partial charge in [-0.05, 0) is 42.7 Å². The van der Waals surface area contributed by atoms with E-state index in [0.717, 1.165) is 5.56 Å². The van der Waals surface area contributed by atoms with Crippen molar-refractivity contribution in [2.75, 3.05) is 11.1 Å². The van der Waals surface area contributed by atoms with E-state index in [-0.39, 0.29) is 5.82 Å². The van der Waals surface area contributed by atoms with Crippen molar-refractivity contribution in [3.63, 3.8) is 0 Å². The van der Waals surface area contributed by atoms with Gasteiger partial charge in [0.15, 0.2) is 0 Å². The molecule has 3 N–H and O–H groups in total. The van der Waals surface area contributed by atoms with Crippen LogP contribution in [0.2, 0.25) is 10.0 Å². The average molecular weight is 313 g/mol. The lowest BCUT2D eigenvalue weighted by atomic mass is 10.1. The van der Waals surface area contributed by atoms with Crippen molar-refractivity contribution in [1.29, 1.82) is 0 Å². The molecule has 0 radical (unpaired) electrons. The highest BCUT2D eigenvalue weighted by atomic mass is 35.5. The summed E-state index contributed by atoms with van der Waals surface area (Å²) in [6, 6.07) is 6.87. The van der Waals surface area contributed by atoms with E-state index in [4.69, 9.17) is 28.9 Å². The summed E-state index contributed by atoms with van der Waals surface area (Å²) in [5.41, 5.74) is 9.00. The number of rotatable bonds is 3. The number of halogens is 3. The maximum Gasteiger partial charge on any atom is 0.129 e. The molecule has 0 aliphatic heterocycles. The number of anilines is 2. The van der Waals surface area contributed by atoms with Gasteiger partial charge in [0.1, 0.15) is 5.82 Å². The van der Waals surface area contributed by atoms with Crippen LogP contribution in [0.25, 0.3) is 0 Å². The van der Waals surface area contributed by atoms with Crippen LogP contribution < -0.4 is 11.1 Å². The molecule has 0 saturated heterocycles. The van der Waals surface area contributed by atoms with Gasteiger partial charge in [-0.25, -0.2) is 4.39 Å². The van der Waals surface area contributed by atoms with E-state index in [1.165, 1.54) is 0 Å². The molecule has 0 aromatic heterocycles. The first-order valence-corrected chi connectivity index (χ1v) is 6.88. The zero-order valence-electron chi connectivity index (χ0n) is 11.2. The molecule has 0 unspecified atom stereocenters. The van der Waals surface area contributed by atoms with E-state index in [1.54, 1.807) is 38.1 Å². The lowest BCUT2D eigenvalue weighted by Crippen LogP contribution is -2.03. The van der Waals surface area contributed by atoms with Crippen LogP contribution in [0.15, 0.2) is 24.3 Å². The first-order valence-electron chi connectivity index (χ1n) is 6.12. The highest BCUT2D eigenvalue weighted by Gasteiger charge is 2.08. The molecular formula is C15H15Cl2FN2. The molecule has 2 nitrogen and oxygen atoms in total. The third-order valence-corrected chi connectivity index (χ3v) is 3.63. The minimum Gasteiger partial charge on any atom is -0.399 e. The van der Waals surface area contributed by atoms with Crippen LogP contribution in [0.1, 0.15) is 16.7 Å². The minimum atomic E-state index is -0.169. The Morgan fingerprint density at radius 1 is 1.05 bits per heavy atom. The van der Waals surface area contributed by atoms with E-state index in [0.29, 0.717) is 39.1 Å². The van der Waals surface area contributed by atoms with Gasteiger partial charge >= 0.3 is 0 Å². The standard InChI is InChI=1S/C15H15Cl2FN2/c1-8-3-10(4-9(2)14(8)18)7-20-15-12(16)5-11(19)6-13(15)17/h3-6,20H,7,19H2,1-2H3. The maximum absolute atomic E-state index is 13.6. The topological polar surface area (TPSA) is 38.0 Å². The molecule has 20 heavy (non-hydrogen) atoms. The molecule has 2 aromatic rings. The lowest BCUT2D eigenvalue weighted by Gasteiger charge is -2.12. The van der Waals surface area contributed by atoms with Crippen LogP contribution in [0.3, 0.4) is 0 Å². The molecular weight excluding hydrogens is 298 g/mol. The Hall–Kier alpha value is -1.45. The highest BCUT2D eigenvalue weighted by molar-refractivity contribution is 6.39. The predicted molar refractivity (Wildman–Crippen MR) is 84.1 cm³/mol. The zero-order valence-corrected chi connectivity index (χ0v) is 12.7. The summed E-state index contributed by atoms with van der Waals surface area (Å²) in [5.74, 6) is -0.169. The molecule has 0 bridgehead atoms. The van der Waals surface area contributed by atoms with Gasteiger partial charge in [0.2, 0.25) is 0 Å². The quantitative estimate of drug-likeness (QED) is 0.787. The smallest absolute Gasteiger partial charge is 0.129 e. The van der Waals surface area contributed by atoms with E-state index < -0.39 is 0 Å². The van der Waals surface area contributed by atoms with Crippen LogP contribution in [-0.4, -0.2) is 0 Å².